The van der Waals surface area contributed by atoms with Crippen molar-refractivity contribution in [3.8, 4) is 6.07 Å². The number of halogens is 1. The molecule has 19 heavy (non-hydrogen) atoms. The number of carbonyl (C=O) groups is 1. The van der Waals surface area contributed by atoms with E-state index in [1.807, 2.05) is 24.3 Å². The molecule has 1 aromatic rings. The molecule has 1 saturated carbocycles. The van der Waals surface area contributed by atoms with Gasteiger partial charge in [0.2, 0.25) is 0 Å². The van der Waals surface area contributed by atoms with E-state index >= 15 is 0 Å². The molecule has 1 aliphatic carbocycles. The Morgan fingerprint density at radius 1 is 1.42 bits per heavy atom. The van der Waals surface area contributed by atoms with E-state index in [0.29, 0.717) is 0 Å². The van der Waals surface area contributed by atoms with Gasteiger partial charge in [0.05, 0.1) is 6.07 Å². The largest absolute Gasteiger partial charge is 0.298 e. The van der Waals surface area contributed by atoms with Crippen LogP contribution in [0.15, 0.2) is 28.7 Å². The third kappa shape index (κ3) is 2.90. The second kappa shape index (κ2) is 5.46. The van der Waals surface area contributed by atoms with Crippen LogP contribution in [0.5, 0.6) is 0 Å². The summed E-state index contributed by atoms with van der Waals surface area (Å²) in [4.78, 5) is 12.6. The smallest absolute Gasteiger partial charge is 0.158 e. The minimum absolute atomic E-state index is 0.0146. The molecule has 2 rings (SSSR count). The molecule has 0 amide bonds. The van der Waals surface area contributed by atoms with E-state index in [1.54, 1.807) is 0 Å². The summed E-state index contributed by atoms with van der Waals surface area (Å²) in [6, 6.07) is 9.67. The SMILES string of the molecule is CC1(C)CCCC1C(=O)C(C#N)c1ccc(Br)cc1. The Morgan fingerprint density at radius 2 is 2.05 bits per heavy atom. The van der Waals surface area contributed by atoms with Crippen molar-refractivity contribution in [1.82, 2.24) is 0 Å². The molecule has 2 unspecified atom stereocenters. The monoisotopic (exact) mass is 319 g/mol. The van der Waals surface area contributed by atoms with E-state index in [2.05, 4.69) is 35.8 Å². The predicted molar refractivity (Wildman–Crippen MR) is 78.6 cm³/mol. The van der Waals surface area contributed by atoms with Crippen molar-refractivity contribution in [2.45, 2.75) is 39.0 Å². The molecule has 0 N–H and O–H groups in total. The summed E-state index contributed by atoms with van der Waals surface area (Å²) in [5.41, 5.74) is 0.833. The van der Waals surface area contributed by atoms with Crippen LogP contribution in [0, 0.1) is 22.7 Å². The zero-order valence-corrected chi connectivity index (χ0v) is 12.9. The van der Waals surface area contributed by atoms with E-state index in [4.69, 9.17) is 0 Å². The Bertz CT molecular complexity index is 513. The Balaban J connectivity index is 2.25. The lowest BCUT2D eigenvalue weighted by atomic mass is 9.75. The van der Waals surface area contributed by atoms with E-state index in [1.165, 1.54) is 0 Å². The fourth-order valence-corrected chi connectivity index (χ4v) is 3.28. The average molecular weight is 320 g/mol. The molecule has 0 aliphatic heterocycles. The van der Waals surface area contributed by atoms with Gasteiger partial charge in [-0.1, -0.05) is 48.3 Å². The molecular formula is C16H18BrNO. The highest BCUT2D eigenvalue weighted by molar-refractivity contribution is 9.10. The first-order chi connectivity index (χ1) is 8.95. The summed E-state index contributed by atoms with van der Waals surface area (Å²) in [6.45, 7) is 4.27. The molecule has 3 heteroatoms. The van der Waals surface area contributed by atoms with Gasteiger partial charge in [0, 0.05) is 10.4 Å². The number of carbonyl (C=O) groups excluding carboxylic acids is 1. The zero-order chi connectivity index (χ0) is 14.0. The summed E-state index contributed by atoms with van der Waals surface area (Å²) in [5.74, 6) is -0.524. The fourth-order valence-electron chi connectivity index (χ4n) is 3.01. The standard InChI is InChI=1S/C16H18BrNO/c1-16(2)9-3-4-14(16)15(19)13(10-18)11-5-7-12(17)8-6-11/h5-8,13-14H,3-4,9H2,1-2H3. The van der Waals surface area contributed by atoms with Gasteiger partial charge in [0.15, 0.2) is 5.78 Å². The van der Waals surface area contributed by atoms with Crippen molar-refractivity contribution >= 4 is 21.7 Å². The lowest BCUT2D eigenvalue weighted by Crippen LogP contribution is -2.29. The normalized spacial score (nSPS) is 22.7. The third-order valence-electron chi connectivity index (χ3n) is 4.22. The van der Waals surface area contributed by atoms with Crippen molar-refractivity contribution in [3.05, 3.63) is 34.3 Å². The minimum Gasteiger partial charge on any atom is -0.298 e. The van der Waals surface area contributed by atoms with Gasteiger partial charge in [-0.15, -0.1) is 0 Å². The summed E-state index contributed by atoms with van der Waals surface area (Å²) < 4.78 is 0.960. The van der Waals surface area contributed by atoms with Gasteiger partial charge in [0.25, 0.3) is 0 Å². The highest BCUT2D eigenvalue weighted by Crippen LogP contribution is 2.45. The van der Waals surface area contributed by atoms with Crippen LogP contribution in [0.3, 0.4) is 0 Å². The van der Waals surface area contributed by atoms with Gasteiger partial charge in [-0.05, 0) is 36.0 Å². The van der Waals surface area contributed by atoms with Crippen LogP contribution < -0.4 is 0 Å². The number of nitriles is 1. The maximum absolute atomic E-state index is 12.6. The van der Waals surface area contributed by atoms with Gasteiger partial charge < -0.3 is 0 Å². The molecule has 0 heterocycles. The molecule has 1 fully saturated rings. The zero-order valence-electron chi connectivity index (χ0n) is 11.3. The molecule has 0 saturated heterocycles. The van der Waals surface area contributed by atoms with E-state index in [9.17, 15) is 10.1 Å². The molecule has 2 nitrogen and oxygen atoms in total. The van der Waals surface area contributed by atoms with Gasteiger partial charge in [-0.25, -0.2) is 0 Å². The Kier molecular flexibility index (Phi) is 4.10. The highest BCUT2D eigenvalue weighted by Gasteiger charge is 2.42. The molecular weight excluding hydrogens is 302 g/mol. The molecule has 1 aliphatic rings. The first-order valence-corrected chi connectivity index (χ1v) is 7.44. The van der Waals surface area contributed by atoms with Crippen molar-refractivity contribution in [3.63, 3.8) is 0 Å². The van der Waals surface area contributed by atoms with E-state index in [-0.39, 0.29) is 17.1 Å². The number of ketones is 1. The molecule has 0 bridgehead atoms. The van der Waals surface area contributed by atoms with Gasteiger partial charge in [-0.2, -0.15) is 5.26 Å². The van der Waals surface area contributed by atoms with Gasteiger partial charge in [0.1, 0.15) is 5.92 Å². The van der Waals surface area contributed by atoms with Crippen LogP contribution in [-0.4, -0.2) is 5.78 Å². The number of hydrogen-bond donors (Lipinski definition) is 0. The van der Waals surface area contributed by atoms with Crippen LogP contribution in [-0.2, 0) is 4.79 Å². The molecule has 100 valence electrons. The predicted octanol–water partition coefficient (Wildman–Crippen LogP) is 4.45. The van der Waals surface area contributed by atoms with Crippen molar-refractivity contribution in [2.24, 2.45) is 11.3 Å². The maximum Gasteiger partial charge on any atom is 0.158 e. The van der Waals surface area contributed by atoms with Crippen molar-refractivity contribution in [2.75, 3.05) is 0 Å². The van der Waals surface area contributed by atoms with Crippen LogP contribution in [0.25, 0.3) is 0 Å². The number of nitrogens with zero attached hydrogens (tertiary/aromatic N) is 1. The second-order valence-electron chi connectivity index (χ2n) is 5.95. The average Bonchev–Trinajstić information content (AvgIpc) is 2.72. The number of benzene rings is 1. The first kappa shape index (κ1) is 14.3. The third-order valence-corrected chi connectivity index (χ3v) is 4.75. The van der Waals surface area contributed by atoms with Crippen LogP contribution in [0.4, 0.5) is 0 Å². The number of Topliss-reactive ketones (excluding diaryl/α,β-unsaturated/α-hetero) is 1. The summed E-state index contributed by atoms with van der Waals surface area (Å²) in [6.07, 6.45) is 3.07. The van der Waals surface area contributed by atoms with E-state index in [0.717, 1.165) is 29.3 Å². The fraction of sp³-hybridized carbons (Fsp3) is 0.500. The summed E-state index contributed by atoms with van der Waals surface area (Å²) in [7, 11) is 0. The number of rotatable bonds is 3. The maximum atomic E-state index is 12.6. The summed E-state index contributed by atoms with van der Waals surface area (Å²) >= 11 is 3.37. The van der Waals surface area contributed by atoms with Crippen LogP contribution in [0.2, 0.25) is 0 Å². The lowest BCUT2D eigenvalue weighted by Gasteiger charge is -2.27. The molecule has 0 aromatic heterocycles. The topological polar surface area (TPSA) is 40.9 Å². The van der Waals surface area contributed by atoms with Crippen molar-refractivity contribution < 1.29 is 4.79 Å². The Morgan fingerprint density at radius 3 is 2.53 bits per heavy atom. The van der Waals surface area contributed by atoms with E-state index < -0.39 is 5.92 Å². The minimum atomic E-state index is -0.629. The van der Waals surface area contributed by atoms with Crippen LogP contribution >= 0.6 is 15.9 Å². The number of hydrogen-bond acceptors (Lipinski definition) is 2. The van der Waals surface area contributed by atoms with Crippen molar-refractivity contribution in [1.29, 1.82) is 5.26 Å². The molecule has 1 aromatic carbocycles. The molecule has 0 spiro atoms. The van der Waals surface area contributed by atoms with Crippen LogP contribution in [0.1, 0.15) is 44.6 Å². The molecule has 2 atom stereocenters. The Labute approximate surface area is 122 Å². The molecule has 0 radical (unpaired) electrons. The second-order valence-corrected chi connectivity index (χ2v) is 6.87. The lowest BCUT2D eigenvalue weighted by molar-refractivity contribution is -0.125. The first-order valence-electron chi connectivity index (χ1n) is 6.64. The summed E-state index contributed by atoms with van der Waals surface area (Å²) in [5, 5.41) is 9.37. The Hall–Kier alpha value is -1.14. The van der Waals surface area contributed by atoms with Gasteiger partial charge in [-0.3, -0.25) is 4.79 Å². The highest BCUT2D eigenvalue weighted by atomic mass is 79.9. The quantitative estimate of drug-likeness (QED) is 0.825. The van der Waals surface area contributed by atoms with Gasteiger partial charge >= 0.3 is 0 Å².